The molecule has 2 rings (SSSR count). The number of nitrogens with one attached hydrogen (secondary N) is 1. The Morgan fingerprint density at radius 3 is 3.00 bits per heavy atom. The predicted octanol–water partition coefficient (Wildman–Crippen LogP) is 2.14. The van der Waals surface area contributed by atoms with Crippen molar-refractivity contribution >= 4 is 44.1 Å². The third-order valence-electron chi connectivity index (χ3n) is 1.83. The SMILES string of the molecule is Nc1ccc(Br)c(C(=O)Nc2cnns2)c1. The number of halogens is 1. The van der Waals surface area contributed by atoms with Crippen LogP contribution in [-0.2, 0) is 0 Å². The van der Waals surface area contributed by atoms with Crippen molar-refractivity contribution in [3.63, 3.8) is 0 Å². The molecule has 1 aromatic heterocycles. The molecule has 0 aliphatic heterocycles. The highest BCUT2D eigenvalue weighted by Crippen LogP contribution is 2.21. The molecular weight excluding hydrogens is 292 g/mol. The standard InChI is InChI=1S/C9H7BrN4OS/c10-7-2-1-5(11)3-6(7)9(15)13-8-4-12-14-16-8/h1-4H,11H2,(H,13,15). The quantitative estimate of drug-likeness (QED) is 0.832. The summed E-state index contributed by atoms with van der Waals surface area (Å²) >= 11 is 4.41. The number of aromatic nitrogens is 2. The van der Waals surface area contributed by atoms with Crippen molar-refractivity contribution in [2.75, 3.05) is 11.1 Å². The number of amides is 1. The minimum atomic E-state index is -0.245. The van der Waals surface area contributed by atoms with E-state index in [1.165, 1.54) is 6.20 Å². The smallest absolute Gasteiger partial charge is 0.257 e. The second-order valence-corrected chi connectivity index (χ2v) is 4.62. The van der Waals surface area contributed by atoms with Gasteiger partial charge >= 0.3 is 0 Å². The molecule has 0 radical (unpaired) electrons. The van der Waals surface area contributed by atoms with Crippen molar-refractivity contribution in [2.45, 2.75) is 0 Å². The van der Waals surface area contributed by atoms with Crippen LogP contribution >= 0.6 is 27.5 Å². The molecule has 1 heterocycles. The van der Waals surface area contributed by atoms with Crippen LogP contribution < -0.4 is 11.1 Å². The van der Waals surface area contributed by atoms with E-state index < -0.39 is 0 Å². The van der Waals surface area contributed by atoms with Crippen LogP contribution in [0.1, 0.15) is 10.4 Å². The number of nitrogens with zero attached hydrogens (tertiary/aromatic N) is 2. The number of nitrogens with two attached hydrogens (primary N) is 1. The topological polar surface area (TPSA) is 80.9 Å². The van der Waals surface area contributed by atoms with Gasteiger partial charge in [0.15, 0.2) is 0 Å². The predicted molar refractivity (Wildman–Crippen MR) is 66.4 cm³/mol. The average molecular weight is 299 g/mol. The lowest BCUT2D eigenvalue weighted by Gasteiger charge is -2.04. The summed E-state index contributed by atoms with van der Waals surface area (Å²) in [6.45, 7) is 0. The Kier molecular flexibility index (Phi) is 3.16. The highest BCUT2D eigenvalue weighted by atomic mass is 79.9. The Bertz CT molecular complexity index is 514. The van der Waals surface area contributed by atoms with E-state index in [1.807, 2.05) is 0 Å². The van der Waals surface area contributed by atoms with Crippen LogP contribution in [0.3, 0.4) is 0 Å². The molecule has 0 fully saturated rings. The van der Waals surface area contributed by atoms with Gasteiger partial charge in [0.05, 0.1) is 11.8 Å². The van der Waals surface area contributed by atoms with Gasteiger partial charge < -0.3 is 11.1 Å². The third-order valence-corrected chi connectivity index (χ3v) is 3.10. The van der Waals surface area contributed by atoms with E-state index in [1.54, 1.807) is 18.2 Å². The van der Waals surface area contributed by atoms with Crippen molar-refractivity contribution in [3.8, 4) is 0 Å². The molecule has 16 heavy (non-hydrogen) atoms. The highest BCUT2D eigenvalue weighted by Gasteiger charge is 2.11. The van der Waals surface area contributed by atoms with Gasteiger partial charge in [0.25, 0.3) is 5.91 Å². The molecule has 5 nitrogen and oxygen atoms in total. The number of benzene rings is 1. The maximum atomic E-state index is 11.8. The molecule has 7 heteroatoms. The van der Waals surface area contributed by atoms with Gasteiger partial charge in [-0.05, 0) is 34.1 Å². The molecule has 1 aromatic carbocycles. The normalized spacial score (nSPS) is 10.1. The minimum Gasteiger partial charge on any atom is -0.399 e. The second kappa shape index (κ2) is 4.58. The molecule has 1 amide bonds. The lowest BCUT2D eigenvalue weighted by Crippen LogP contribution is -2.12. The maximum absolute atomic E-state index is 11.8. The fourth-order valence-corrected chi connectivity index (χ4v) is 1.96. The van der Waals surface area contributed by atoms with Crippen molar-refractivity contribution in [2.24, 2.45) is 0 Å². The molecule has 0 aliphatic carbocycles. The zero-order valence-corrected chi connectivity index (χ0v) is 10.4. The fourth-order valence-electron chi connectivity index (χ4n) is 1.12. The molecule has 0 bridgehead atoms. The number of anilines is 2. The summed E-state index contributed by atoms with van der Waals surface area (Å²) in [4.78, 5) is 11.8. The summed E-state index contributed by atoms with van der Waals surface area (Å²) in [6, 6.07) is 5.05. The number of hydrogen-bond donors (Lipinski definition) is 2. The van der Waals surface area contributed by atoms with E-state index in [0.29, 0.717) is 20.7 Å². The molecular formula is C9H7BrN4OS. The molecule has 0 aliphatic rings. The third kappa shape index (κ3) is 2.37. The van der Waals surface area contributed by atoms with Gasteiger partial charge in [-0.3, -0.25) is 4.79 Å². The van der Waals surface area contributed by atoms with Gasteiger partial charge in [0.1, 0.15) is 5.00 Å². The minimum absolute atomic E-state index is 0.245. The first-order valence-electron chi connectivity index (χ1n) is 4.30. The van der Waals surface area contributed by atoms with E-state index in [9.17, 15) is 4.79 Å². The van der Waals surface area contributed by atoms with Crippen molar-refractivity contribution < 1.29 is 4.79 Å². The Morgan fingerprint density at radius 2 is 2.31 bits per heavy atom. The Hall–Kier alpha value is -1.47. The summed E-state index contributed by atoms with van der Waals surface area (Å²) < 4.78 is 4.34. The van der Waals surface area contributed by atoms with Crippen molar-refractivity contribution in [1.29, 1.82) is 0 Å². The zero-order valence-electron chi connectivity index (χ0n) is 7.98. The number of carbonyl (C=O) groups excluding carboxylic acids is 1. The Labute approximate surface area is 104 Å². The average Bonchev–Trinajstić information content (AvgIpc) is 2.74. The molecule has 0 atom stereocenters. The fraction of sp³-hybridized carbons (Fsp3) is 0. The van der Waals surface area contributed by atoms with Gasteiger partial charge in [0.2, 0.25) is 0 Å². The lowest BCUT2D eigenvalue weighted by atomic mass is 10.2. The highest BCUT2D eigenvalue weighted by molar-refractivity contribution is 9.10. The van der Waals surface area contributed by atoms with E-state index in [-0.39, 0.29) is 5.91 Å². The summed E-state index contributed by atoms with van der Waals surface area (Å²) in [5.74, 6) is -0.245. The van der Waals surface area contributed by atoms with Crippen LogP contribution in [0.4, 0.5) is 10.7 Å². The first kappa shape index (κ1) is 11.0. The van der Waals surface area contributed by atoms with Gasteiger partial charge in [-0.2, -0.15) is 0 Å². The molecule has 0 spiro atoms. The summed E-state index contributed by atoms with van der Waals surface area (Å²) in [5, 5.41) is 6.90. The summed E-state index contributed by atoms with van der Waals surface area (Å²) in [5.41, 5.74) is 6.63. The van der Waals surface area contributed by atoms with Crippen molar-refractivity contribution in [1.82, 2.24) is 9.59 Å². The van der Waals surface area contributed by atoms with Gasteiger partial charge in [-0.25, -0.2) is 0 Å². The monoisotopic (exact) mass is 298 g/mol. The molecule has 2 aromatic rings. The first-order valence-corrected chi connectivity index (χ1v) is 5.87. The summed E-state index contributed by atoms with van der Waals surface area (Å²) in [7, 11) is 0. The molecule has 82 valence electrons. The largest absolute Gasteiger partial charge is 0.399 e. The lowest BCUT2D eigenvalue weighted by molar-refractivity contribution is 0.102. The molecule has 0 saturated heterocycles. The Balaban J connectivity index is 2.24. The van der Waals surface area contributed by atoms with Gasteiger partial charge in [-0.1, -0.05) is 4.49 Å². The number of rotatable bonds is 2. The van der Waals surface area contributed by atoms with Crippen LogP contribution in [0.2, 0.25) is 0 Å². The Morgan fingerprint density at radius 1 is 1.50 bits per heavy atom. The van der Waals surface area contributed by atoms with E-state index in [0.717, 1.165) is 11.5 Å². The maximum Gasteiger partial charge on any atom is 0.257 e. The molecule has 3 N–H and O–H groups in total. The number of carbonyl (C=O) groups is 1. The van der Waals surface area contributed by atoms with Gasteiger partial charge in [0, 0.05) is 21.7 Å². The van der Waals surface area contributed by atoms with Crippen LogP contribution in [0.15, 0.2) is 28.9 Å². The van der Waals surface area contributed by atoms with Crippen LogP contribution in [0, 0.1) is 0 Å². The van der Waals surface area contributed by atoms with Crippen LogP contribution in [0.5, 0.6) is 0 Å². The van der Waals surface area contributed by atoms with Crippen molar-refractivity contribution in [3.05, 3.63) is 34.4 Å². The van der Waals surface area contributed by atoms with E-state index in [4.69, 9.17) is 5.73 Å². The van der Waals surface area contributed by atoms with Gasteiger partial charge in [-0.15, -0.1) is 5.10 Å². The zero-order chi connectivity index (χ0) is 11.5. The number of nitrogen functional groups attached to an aromatic ring is 1. The van der Waals surface area contributed by atoms with E-state index >= 15 is 0 Å². The molecule has 0 unspecified atom stereocenters. The number of hydrogen-bond acceptors (Lipinski definition) is 5. The second-order valence-electron chi connectivity index (χ2n) is 2.98. The summed E-state index contributed by atoms with van der Waals surface area (Å²) in [6.07, 6.45) is 1.49. The molecule has 0 saturated carbocycles. The van der Waals surface area contributed by atoms with E-state index in [2.05, 4.69) is 30.8 Å². The van der Waals surface area contributed by atoms with Crippen LogP contribution in [-0.4, -0.2) is 15.5 Å². The van der Waals surface area contributed by atoms with Crippen LogP contribution in [0.25, 0.3) is 0 Å². The first-order chi connectivity index (χ1) is 7.66.